The Morgan fingerprint density at radius 1 is 1.17 bits per heavy atom. The van der Waals surface area contributed by atoms with Crippen molar-refractivity contribution in [2.24, 2.45) is 0 Å². The first-order valence-corrected chi connectivity index (χ1v) is 10.0. The van der Waals surface area contributed by atoms with Gasteiger partial charge in [-0.15, -0.1) is 0 Å². The van der Waals surface area contributed by atoms with Crippen molar-refractivity contribution in [1.29, 1.82) is 0 Å². The van der Waals surface area contributed by atoms with Crippen LogP contribution in [0.3, 0.4) is 0 Å². The molecule has 1 amide bonds. The number of fused-ring (bicyclic) bond motifs is 1. The van der Waals surface area contributed by atoms with Crippen molar-refractivity contribution in [2.75, 3.05) is 27.3 Å². The van der Waals surface area contributed by atoms with Gasteiger partial charge in [0.05, 0.1) is 30.8 Å². The second-order valence-electron chi connectivity index (χ2n) is 6.79. The van der Waals surface area contributed by atoms with E-state index in [4.69, 9.17) is 9.47 Å². The Morgan fingerprint density at radius 3 is 2.59 bits per heavy atom. The highest BCUT2D eigenvalue weighted by Gasteiger charge is 2.26. The van der Waals surface area contributed by atoms with Crippen molar-refractivity contribution >= 4 is 32.7 Å². The fourth-order valence-corrected chi connectivity index (χ4v) is 3.94. The van der Waals surface area contributed by atoms with Crippen LogP contribution in [0.25, 0.3) is 10.9 Å². The summed E-state index contributed by atoms with van der Waals surface area (Å²) in [7, 11) is 3.13. The summed E-state index contributed by atoms with van der Waals surface area (Å²) >= 11 is 3.49. The minimum Gasteiger partial charge on any atom is -0.495 e. The zero-order valence-electron chi connectivity index (χ0n) is 16.1. The van der Waals surface area contributed by atoms with E-state index in [0.717, 1.165) is 16.3 Å². The number of ether oxygens (including phenoxy) is 2. The fourth-order valence-electron chi connectivity index (χ4n) is 3.41. The summed E-state index contributed by atoms with van der Waals surface area (Å²) in [6, 6.07) is 8.87. The minimum atomic E-state index is -0.355. The van der Waals surface area contributed by atoms with Gasteiger partial charge in [0.1, 0.15) is 22.8 Å². The lowest BCUT2D eigenvalue weighted by atomic mass is 10.1. The average Bonchev–Trinajstić information content (AvgIpc) is 2.68. The van der Waals surface area contributed by atoms with Crippen molar-refractivity contribution in [3.8, 4) is 11.5 Å². The third-order valence-corrected chi connectivity index (χ3v) is 5.74. The van der Waals surface area contributed by atoms with Crippen LogP contribution in [0, 0.1) is 0 Å². The number of nitrogens with zero attached hydrogens (tertiary/aromatic N) is 3. The Bertz CT molecular complexity index is 1150. The monoisotopic (exact) mass is 457 g/mol. The molecule has 1 saturated heterocycles. The summed E-state index contributed by atoms with van der Waals surface area (Å²) in [4.78, 5) is 32.3. The topological polar surface area (TPSA) is 73.7 Å². The second-order valence-corrected chi connectivity index (χ2v) is 7.65. The number of rotatable bonds is 5. The van der Waals surface area contributed by atoms with Crippen molar-refractivity contribution < 1.29 is 14.3 Å². The van der Waals surface area contributed by atoms with Crippen LogP contribution in [-0.4, -0.2) is 47.7 Å². The van der Waals surface area contributed by atoms with E-state index in [1.54, 1.807) is 54.1 Å². The van der Waals surface area contributed by atoms with Crippen molar-refractivity contribution in [3.63, 3.8) is 0 Å². The van der Waals surface area contributed by atoms with Crippen molar-refractivity contribution in [2.45, 2.75) is 13.0 Å². The molecule has 8 heteroatoms. The summed E-state index contributed by atoms with van der Waals surface area (Å²) in [6.45, 7) is 1.53. The number of carbonyl (C=O) groups excluding carboxylic acids is 1. The number of pyridine rings is 2. The maximum atomic E-state index is 13.4. The van der Waals surface area contributed by atoms with Crippen LogP contribution in [0.2, 0.25) is 0 Å². The van der Waals surface area contributed by atoms with Gasteiger partial charge in [0.15, 0.2) is 0 Å². The van der Waals surface area contributed by atoms with E-state index in [0.29, 0.717) is 35.8 Å². The molecule has 1 aliphatic rings. The molecule has 1 aliphatic heterocycles. The molecule has 3 heterocycles. The Labute approximate surface area is 176 Å². The number of aromatic nitrogens is 2. The lowest BCUT2D eigenvalue weighted by molar-refractivity contribution is 0.0649. The summed E-state index contributed by atoms with van der Waals surface area (Å²) in [5.74, 6) is 0.938. The number of benzene rings is 1. The molecule has 0 saturated carbocycles. The van der Waals surface area contributed by atoms with Gasteiger partial charge < -0.3 is 18.9 Å². The number of hydrogen-bond donors (Lipinski definition) is 0. The SMILES string of the molecule is COc1cc2c(cc1Br)cc(C(=O)N1CCC1)c(=O)n2Cc1ncccc1OC. The first-order chi connectivity index (χ1) is 14.0. The molecule has 3 aromatic rings. The smallest absolute Gasteiger partial charge is 0.264 e. The third kappa shape index (κ3) is 3.48. The molecule has 0 bridgehead atoms. The lowest BCUT2D eigenvalue weighted by Crippen LogP contribution is -2.44. The normalized spacial score (nSPS) is 13.3. The van der Waals surface area contributed by atoms with Crippen LogP contribution in [-0.2, 0) is 6.54 Å². The van der Waals surface area contributed by atoms with Gasteiger partial charge in [0, 0.05) is 30.7 Å². The molecular formula is C21H20BrN3O4. The maximum absolute atomic E-state index is 13.4. The quantitative estimate of drug-likeness (QED) is 0.588. The highest BCUT2D eigenvalue weighted by molar-refractivity contribution is 9.10. The van der Waals surface area contributed by atoms with Gasteiger partial charge >= 0.3 is 0 Å². The first kappa shape index (κ1) is 19.4. The maximum Gasteiger partial charge on any atom is 0.264 e. The molecule has 7 nitrogen and oxygen atoms in total. The Morgan fingerprint density at radius 2 is 1.93 bits per heavy atom. The van der Waals surface area contributed by atoms with Crippen LogP contribution in [0.5, 0.6) is 11.5 Å². The van der Waals surface area contributed by atoms with Crippen LogP contribution in [0.15, 0.2) is 45.8 Å². The molecule has 1 fully saturated rings. The van der Waals surface area contributed by atoms with Crippen LogP contribution in [0.4, 0.5) is 0 Å². The predicted octanol–water partition coefficient (Wildman–Crippen LogP) is 3.07. The third-order valence-electron chi connectivity index (χ3n) is 5.12. The van der Waals surface area contributed by atoms with E-state index in [9.17, 15) is 9.59 Å². The van der Waals surface area contributed by atoms with Gasteiger partial charge in [-0.3, -0.25) is 14.6 Å². The van der Waals surface area contributed by atoms with E-state index in [2.05, 4.69) is 20.9 Å². The molecular weight excluding hydrogens is 438 g/mol. The van der Waals surface area contributed by atoms with Crippen LogP contribution in [0.1, 0.15) is 22.5 Å². The molecule has 1 aromatic carbocycles. The van der Waals surface area contributed by atoms with E-state index in [-0.39, 0.29) is 23.6 Å². The lowest BCUT2D eigenvalue weighted by Gasteiger charge is -2.31. The number of hydrogen-bond acceptors (Lipinski definition) is 5. The van der Waals surface area contributed by atoms with E-state index >= 15 is 0 Å². The Kier molecular flexibility index (Phi) is 5.27. The number of carbonyl (C=O) groups is 1. The molecule has 150 valence electrons. The van der Waals surface area contributed by atoms with Gasteiger partial charge in [-0.2, -0.15) is 0 Å². The second kappa shape index (κ2) is 7.87. The van der Waals surface area contributed by atoms with Gasteiger partial charge in [-0.25, -0.2) is 0 Å². The summed E-state index contributed by atoms with van der Waals surface area (Å²) in [5, 5.41) is 0.760. The van der Waals surface area contributed by atoms with Gasteiger partial charge in [0.2, 0.25) is 0 Å². The molecule has 29 heavy (non-hydrogen) atoms. The molecule has 0 unspecified atom stereocenters. The minimum absolute atomic E-state index is 0.157. The number of amides is 1. The largest absolute Gasteiger partial charge is 0.495 e. The van der Waals surface area contributed by atoms with Crippen LogP contribution >= 0.6 is 15.9 Å². The Balaban J connectivity index is 1.94. The fraction of sp³-hybridized carbons (Fsp3) is 0.286. The van der Waals surface area contributed by atoms with E-state index in [1.165, 1.54) is 0 Å². The molecule has 0 spiro atoms. The van der Waals surface area contributed by atoms with Crippen molar-refractivity contribution in [3.05, 3.63) is 62.6 Å². The molecule has 4 rings (SSSR count). The molecule has 0 radical (unpaired) electrons. The highest BCUT2D eigenvalue weighted by atomic mass is 79.9. The van der Waals surface area contributed by atoms with E-state index in [1.807, 2.05) is 6.07 Å². The van der Waals surface area contributed by atoms with E-state index < -0.39 is 0 Å². The summed E-state index contributed by atoms with van der Waals surface area (Å²) < 4.78 is 13.1. The molecule has 0 aliphatic carbocycles. The number of methoxy groups -OCH3 is 2. The van der Waals surface area contributed by atoms with Crippen molar-refractivity contribution in [1.82, 2.24) is 14.5 Å². The molecule has 2 aromatic heterocycles. The zero-order valence-corrected chi connectivity index (χ0v) is 17.7. The average molecular weight is 458 g/mol. The standard InChI is InChI=1S/C21H20BrN3O4/c1-28-18-5-3-6-23-16(18)12-25-17-11-19(29-2)15(22)10-13(17)9-14(21(25)27)20(26)24-7-4-8-24/h3,5-6,9-11H,4,7-8,12H2,1-2H3. The Hall–Kier alpha value is -2.87. The predicted molar refractivity (Wildman–Crippen MR) is 113 cm³/mol. The van der Waals surface area contributed by atoms with Gasteiger partial charge in [-0.05, 0) is 46.6 Å². The summed E-state index contributed by atoms with van der Waals surface area (Å²) in [6.07, 6.45) is 2.61. The van der Waals surface area contributed by atoms with Gasteiger partial charge in [0.25, 0.3) is 11.5 Å². The molecule has 0 N–H and O–H groups in total. The zero-order chi connectivity index (χ0) is 20.5. The number of likely N-dealkylation sites (tertiary alicyclic amines) is 1. The van der Waals surface area contributed by atoms with Crippen LogP contribution < -0.4 is 15.0 Å². The molecule has 0 atom stereocenters. The summed E-state index contributed by atoms with van der Waals surface area (Å²) in [5.41, 5.74) is 1.06. The first-order valence-electron chi connectivity index (χ1n) is 9.21. The number of halogens is 1. The highest BCUT2D eigenvalue weighted by Crippen LogP contribution is 2.31. The van der Waals surface area contributed by atoms with Gasteiger partial charge in [-0.1, -0.05) is 0 Å².